The van der Waals surface area contributed by atoms with Crippen molar-refractivity contribution in [2.24, 2.45) is 0 Å². The predicted octanol–water partition coefficient (Wildman–Crippen LogP) is 1.81. The van der Waals surface area contributed by atoms with E-state index in [1.807, 2.05) is 6.92 Å². The molecule has 0 saturated heterocycles. The average Bonchev–Trinajstić information content (AvgIpc) is 2.38. The van der Waals surface area contributed by atoms with Gasteiger partial charge in [0, 0.05) is 10.6 Å². The number of benzene rings is 2. The van der Waals surface area contributed by atoms with E-state index in [9.17, 15) is 18.3 Å². The number of carboxylic acid groups (broad SMARTS) is 1. The largest absolute Gasteiger partial charge is 0.545 e. The van der Waals surface area contributed by atoms with Crippen LogP contribution in [0.4, 0.5) is 5.69 Å². The molecule has 0 aliphatic heterocycles. The van der Waals surface area contributed by atoms with E-state index in [1.54, 1.807) is 12.1 Å². The van der Waals surface area contributed by atoms with Crippen LogP contribution in [0.1, 0.15) is 15.9 Å². The van der Waals surface area contributed by atoms with Crippen LogP contribution in [0.15, 0.2) is 47.4 Å². The molecule has 2 aromatic carbocycles. The zero-order chi connectivity index (χ0) is 15.6. The van der Waals surface area contributed by atoms with Gasteiger partial charge in [-0.05, 0) is 37.3 Å². The van der Waals surface area contributed by atoms with Crippen LogP contribution in [0.5, 0.6) is 0 Å². The Bertz CT molecular complexity index is 785. The Balaban J connectivity index is 2.43. The zero-order valence-electron chi connectivity index (χ0n) is 11.0. The van der Waals surface area contributed by atoms with Gasteiger partial charge in [-0.2, -0.15) is 0 Å². The van der Waals surface area contributed by atoms with Crippen molar-refractivity contribution in [3.63, 3.8) is 0 Å². The topological polar surface area (TPSA) is 86.3 Å². The first-order valence-electron chi connectivity index (χ1n) is 5.90. The number of carbonyl (C=O) groups excluding carboxylic acids is 1. The van der Waals surface area contributed by atoms with Gasteiger partial charge in [0.15, 0.2) is 0 Å². The number of anilines is 1. The third-order valence-electron chi connectivity index (χ3n) is 2.78. The van der Waals surface area contributed by atoms with Gasteiger partial charge in [0.25, 0.3) is 10.0 Å². The molecule has 0 fully saturated rings. The Morgan fingerprint density at radius 1 is 1.14 bits per heavy atom. The summed E-state index contributed by atoms with van der Waals surface area (Å²) in [6.07, 6.45) is 0. The fraction of sp³-hybridized carbons (Fsp3) is 0.0714. The summed E-state index contributed by atoms with van der Waals surface area (Å²) in [4.78, 5) is 11.0. The van der Waals surface area contributed by atoms with Gasteiger partial charge >= 0.3 is 0 Å². The summed E-state index contributed by atoms with van der Waals surface area (Å²) >= 11 is 5.77. The molecule has 0 atom stereocenters. The molecule has 7 heteroatoms. The highest BCUT2D eigenvalue weighted by Crippen LogP contribution is 2.24. The van der Waals surface area contributed by atoms with Crippen LogP contribution in [0.25, 0.3) is 0 Å². The summed E-state index contributed by atoms with van der Waals surface area (Å²) in [6, 6.07) is 9.90. The number of nitrogens with one attached hydrogen (secondary N) is 1. The lowest BCUT2D eigenvalue weighted by molar-refractivity contribution is -0.254. The minimum atomic E-state index is -3.90. The van der Waals surface area contributed by atoms with Crippen LogP contribution in [-0.2, 0) is 10.0 Å². The number of sulfonamides is 1. The molecule has 0 radical (unpaired) electrons. The minimum Gasteiger partial charge on any atom is -0.545 e. The zero-order valence-corrected chi connectivity index (χ0v) is 12.5. The van der Waals surface area contributed by atoms with Crippen molar-refractivity contribution in [1.29, 1.82) is 0 Å². The standard InChI is InChI=1S/C14H12ClNO4S/c1-9-2-5-11(6-3-9)21(19,20)16-13-8-10(15)4-7-12(13)14(17)18/h2-8,16H,1H3,(H,17,18)/p-1. The lowest BCUT2D eigenvalue weighted by atomic mass is 10.2. The summed E-state index contributed by atoms with van der Waals surface area (Å²) in [6.45, 7) is 1.83. The van der Waals surface area contributed by atoms with Crippen LogP contribution in [0.3, 0.4) is 0 Å². The lowest BCUT2D eigenvalue weighted by Crippen LogP contribution is -2.25. The molecule has 0 unspecified atom stereocenters. The number of carbonyl (C=O) groups is 1. The molecule has 2 rings (SSSR count). The molecule has 110 valence electrons. The van der Waals surface area contributed by atoms with Crippen molar-refractivity contribution < 1.29 is 18.3 Å². The third kappa shape index (κ3) is 3.53. The Morgan fingerprint density at radius 2 is 1.76 bits per heavy atom. The monoisotopic (exact) mass is 324 g/mol. The van der Waals surface area contributed by atoms with Crippen molar-refractivity contribution >= 4 is 33.3 Å². The van der Waals surface area contributed by atoms with E-state index >= 15 is 0 Å². The van der Waals surface area contributed by atoms with Gasteiger partial charge < -0.3 is 9.90 Å². The van der Waals surface area contributed by atoms with Crippen LogP contribution < -0.4 is 9.83 Å². The molecule has 0 spiro atoms. The Kier molecular flexibility index (Phi) is 4.20. The Morgan fingerprint density at radius 3 is 2.33 bits per heavy atom. The molecule has 0 amide bonds. The quantitative estimate of drug-likeness (QED) is 0.929. The summed E-state index contributed by atoms with van der Waals surface area (Å²) in [5, 5.41) is 11.2. The van der Waals surface area contributed by atoms with Crippen molar-refractivity contribution in [2.45, 2.75) is 11.8 Å². The van der Waals surface area contributed by atoms with Gasteiger partial charge in [0.2, 0.25) is 0 Å². The molecule has 0 bridgehead atoms. The maximum atomic E-state index is 12.2. The van der Waals surface area contributed by atoms with Crippen LogP contribution in [0.2, 0.25) is 5.02 Å². The first-order chi connectivity index (χ1) is 9.79. The number of aryl methyl sites for hydroxylation is 1. The first kappa shape index (κ1) is 15.3. The van der Waals surface area contributed by atoms with E-state index in [0.717, 1.165) is 5.56 Å². The molecule has 5 nitrogen and oxygen atoms in total. The highest BCUT2D eigenvalue weighted by atomic mass is 35.5. The number of hydrogen-bond acceptors (Lipinski definition) is 4. The summed E-state index contributed by atoms with van der Waals surface area (Å²) in [5.74, 6) is -1.49. The fourth-order valence-electron chi connectivity index (χ4n) is 1.70. The molecule has 21 heavy (non-hydrogen) atoms. The van der Waals surface area contributed by atoms with Crippen LogP contribution in [-0.4, -0.2) is 14.4 Å². The van der Waals surface area contributed by atoms with Gasteiger partial charge in [-0.15, -0.1) is 0 Å². The highest BCUT2D eigenvalue weighted by molar-refractivity contribution is 7.92. The first-order valence-corrected chi connectivity index (χ1v) is 7.76. The second kappa shape index (κ2) is 5.75. The minimum absolute atomic E-state index is 0.0253. The van der Waals surface area contributed by atoms with Crippen molar-refractivity contribution in [2.75, 3.05) is 4.72 Å². The summed E-state index contributed by atoms with van der Waals surface area (Å²) in [5.41, 5.74) is 0.491. The molecule has 0 aliphatic rings. The van der Waals surface area contributed by atoms with Crippen LogP contribution in [0, 0.1) is 6.92 Å². The highest BCUT2D eigenvalue weighted by Gasteiger charge is 2.16. The van der Waals surface area contributed by atoms with E-state index in [2.05, 4.69) is 4.72 Å². The van der Waals surface area contributed by atoms with E-state index in [4.69, 9.17) is 11.6 Å². The van der Waals surface area contributed by atoms with E-state index in [1.165, 1.54) is 30.3 Å². The van der Waals surface area contributed by atoms with Gasteiger partial charge in [-0.3, -0.25) is 4.72 Å². The molecular weight excluding hydrogens is 314 g/mol. The predicted molar refractivity (Wildman–Crippen MR) is 77.8 cm³/mol. The number of aromatic carboxylic acids is 1. The van der Waals surface area contributed by atoms with Crippen molar-refractivity contribution in [1.82, 2.24) is 0 Å². The number of hydrogen-bond donors (Lipinski definition) is 1. The second-order valence-corrected chi connectivity index (χ2v) is 6.51. The Hall–Kier alpha value is -2.05. The molecule has 0 aromatic heterocycles. The van der Waals surface area contributed by atoms with Gasteiger partial charge in [0.1, 0.15) is 0 Å². The second-order valence-electron chi connectivity index (χ2n) is 4.40. The normalized spacial score (nSPS) is 11.1. The number of carboxylic acids is 1. The number of halogens is 1. The molecule has 0 aliphatic carbocycles. The summed E-state index contributed by atoms with van der Waals surface area (Å²) in [7, 11) is -3.90. The smallest absolute Gasteiger partial charge is 0.261 e. The Labute approximate surface area is 127 Å². The van der Waals surface area contributed by atoms with Crippen LogP contribution >= 0.6 is 11.6 Å². The summed E-state index contributed by atoms with van der Waals surface area (Å²) < 4.78 is 26.7. The maximum Gasteiger partial charge on any atom is 0.261 e. The molecular formula is C14H11ClNO4S-. The molecule has 2 aromatic rings. The van der Waals surface area contributed by atoms with E-state index in [0.29, 0.717) is 0 Å². The van der Waals surface area contributed by atoms with Gasteiger partial charge in [0.05, 0.1) is 16.6 Å². The van der Waals surface area contributed by atoms with E-state index in [-0.39, 0.29) is 21.2 Å². The maximum absolute atomic E-state index is 12.2. The van der Waals surface area contributed by atoms with Gasteiger partial charge in [-0.1, -0.05) is 29.3 Å². The fourth-order valence-corrected chi connectivity index (χ4v) is 2.94. The van der Waals surface area contributed by atoms with E-state index < -0.39 is 16.0 Å². The van der Waals surface area contributed by atoms with Gasteiger partial charge in [-0.25, -0.2) is 8.42 Å². The van der Waals surface area contributed by atoms with Crippen molar-refractivity contribution in [3.8, 4) is 0 Å². The van der Waals surface area contributed by atoms with Crippen molar-refractivity contribution in [3.05, 3.63) is 58.6 Å². The number of rotatable bonds is 4. The lowest BCUT2D eigenvalue weighted by Gasteiger charge is -2.13. The molecule has 0 saturated carbocycles. The average molecular weight is 325 g/mol. The third-order valence-corrected chi connectivity index (χ3v) is 4.39. The molecule has 1 N–H and O–H groups in total. The molecule has 0 heterocycles. The SMILES string of the molecule is Cc1ccc(S(=O)(=O)Nc2cc(Cl)ccc2C(=O)[O-])cc1.